The third-order valence-electron chi connectivity index (χ3n) is 0.394. The molecule has 1 unspecified atom stereocenters. The van der Waals surface area contributed by atoms with E-state index >= 15 is 0 Å². The molecule has 0 heterocycles. The van der Waals surface area contributed by atoms with E-state index in [1.54, 1.807) is 6.26 Å². The Morgan fingerprint density at radius 2 is 2.50 bits per heavy atom. The Morgan fingerprint density at radius 3 is 2.62 bits per heavy atom. The highest BCUT2D eigenvalue weighted by Crippen LogP contribution is 2.17. The minimum Gasteiger partial charge on any atom is -0.302 e. The van der Waals surface area contributed by atoms with E-state index in [1.807, 2.05) is 5.92 Å². The summed E-state index contributed by atoms with van der Waals surface area (Å²) in [7, 11) is -0.693. The molecule has 46 valence electrons. The summed E-state index contributed by atoms with van der Waals surface area (Å²) in [5.74, 6) is 1.52. The molecule has 0 fully saturated rings. The van der Waals surface area contributed by atoms with E-state index in [-0.39, 0.29) is 0 Å². The Morgan fingerprint density at radius 1 is 2.00 bits per heavy atom. The van der Waals surface area contributed by atoms with Crippen LogP contribution >= 0.6 is 21.8 Å². The van der Waals surface area contributed by atoms with E-state index in [9.17, 15) is 4.79 Å². The SMILES string of the molecule is C#CC(=O)N[SH](C)S. The van der Waals surface area contributed by atoms with E-state index in [2.05, 4.69) is 16.4 Å². The second-order valence-electron chi connectivity index (χ2n) is 1.11. The van der Waals surface area contributed by atoms with Gasteiger partial charge in [0.2, 0.25) is 0 Å². The smallest absolute Gasteiger partial charge is 0.302 e. The molecule has 0 aliphatic heterocycles. The molecule has 0 saturated carbocycles. The lowest BCUT2D eigenvalue weighted by atomic mass is 10.7. The molecule has 1 amide bonds. The summed E-state index contributed by atoms with van der Waals surface area (Å²) in [6.07, 6.45) is 6.52. The largest absolute Gasteiger partial charge is 0.304 e. The van der Waals surface area contributed by atoms with Gasteiger partial charge in [-0.1, -0.05) is 0 Å². The third kappa shape index (κ3) is 3.90. The summed E-state index contributed by atoms with van der Waals surface area (Å²) in [5.41, 5.74) is 0. The first-order valence-electron chi connectivity index (χ1n) is 1.86. The van der Waals surface area contributed by atoms with E-state index in [0.717, 1.165) is 0 Å². The zero-order valence-electron chi connectivity index (χ0n) is 4.38. The highest BCUT2D eigenvalue weighted by molar-refractivity contribution is 8.77. The molecule has 0 saturated heterocycles. The molecule has 0 aromatic heterocycles. The van der Waals surface area contributed by atoms with Crippen LogP contribution in [0.25, 0.3) is 0 Å². The van der Waals surface area contributed by atoms with Crippen molar-refractivity contribution in [1.29, 1.82) is 0 Å². The molecule has 2 nitrogen and oxygen atoms in total. The average molecular weight is 149 g/mol. The lowest BCUT2D eigenvalue weighted by Crippen LogP contribution is -2.14. The molecule has 0 rings (SSSR count). The Balaban J connectivity index is 3.44. The van der Waals surface area contributed by atoms with E-state index in [0.29, 0.717) is 0 Å². The molecule has 0 aromatic carbocycles. The fourth-order valence-corrected chi connectivity index (χ4v) is 0.810. The van der Waals surface area contributed by atoms with Crippen molar-refractivity contribution in [1.82, 2.24) is 4.72 Å². The molecule has 0 bridgehead atoms. The third-order valence-corrected chi connectivity index (χ3v) is 1.22. The number of thiol groups is 2. The fourth-order valence-electron chi connectivity index (χ4n) is 0.179. The highest BCUT2D eigenvalue weighted by atomic mass is 33.1. The summed E-state index contributed by atoms with van der Waals surface area (Å²) < 4.78 is 2.45. The number of hydrogen-bond donors (Lipinski definition) is 3. The lowest BCUT2D eigenvalue weighted by Gasteiger charge is -2.05. The first-order chi connectivity index (χ1) is 3.66. The topological polar surface area (TPSA) is 29.1 Å². The maximum Gasteiger partial charge on any atom is 0.304 e. The first-order valence-corrected chi connectivity index (χ1v) is 4.81. The maximum atomic E-state index is 10.2. The number of carbonyl (C=O) groups is 1. The van der Waals surface area contributed by atoms with Crippen LogP contribution in [0.15, 0.2) is 0 Å². The molecule has 0 radical (unpaired) electrons. The van der Waals surface area contributed by atoms with Crippen molar-refractivity contribution in [2.45, 2.75) is 0 Å². The van der Waals surface area contributed by atoms with Crippen LogP contribution in [0.3, 0.4) is 0 Å². The molecule has 4 heteroatoms. The number of terminal acetylenes is 1. The molecular formula is C4H7NOS2. The van der Waals surface area contributed by atoms with Crippen molar-refractivity contribution in [3.63, 3.8) is 0 Å². The van der Waals surface area contributed by atoms with Crippen LogP contribution in [0.5, 0.6) is 0 Å². The van der Waals surface area contributed by atoms with Crippen molar-refractivity contribution in [3.8, 4) is 12.3 Å². The van der Waals surface area contributed by atoms with Gasteiger partial charge < -0.3 is 4.72 Å². The number of nitrogens with one attached hydrogen (secondary N) is 1. The lowest BCUT2D eigenvalue weighted by molar-refractivity contribution is -0.113. The monoisotopic (exact) mass is 149 g/mol. The summed E-state index contributed by atoms with van der Waals surface area (Å²) in [6, 6.07) is 0. The zero-order valence-corrected chi connectivity index (χ0v) is 6.17. The molecule has 1 N–H and O–H groups in total. The van der Waals surface area contributed by atoms with Gasteiger partial charge in [0.1, 0.15) is 0 Å². The van der Waals surface area contributed by atoms with Crippen LogP contribution in [0.2, 0.25) is 0 Å². The molecule has 0 aromatic rings. The summed E-state index contributed by atoms with van der Waals surface area (Å²) in [6.45, 7) is 0. The van der Waals surface area contributed by atoms with Gasteiger partial charge in [-0.05, 0) is 12.2 Å². The fraction of sp³-hybridized carbons (Fsp3) is 0.250. The minimum atomic E-state index is -0.693. The molecular weight excluding hydrogens is 142 g/mol. The van der Waals surface area contributed by atoms with Gasteiger partial charge in [0.25, 0.3) is 0 Å². The van der Waals surface area contributed by atoms with Gasteiger partial charge in [-0.25, -0.2) is 0 Å². The molecule has 8 heavy (non-hydrogen) atoms. The quantitative estimate of drug-likeness (QED) is 0.276. The van der Waals surface area contributed by atoms with Crippen LogP contribution in [0, 0.1) is 12.3 Å². The van der Waals surface area contributed by atoms with Gasteiger partial charge in [-0.2, -0.15) is 0 Å². The Bertz CT molecular complexity index is 126. The molecule has 0 aliphatic carbocycles. The van der Waals surface area contributed by atoms with Crippen molar-refractivity contribution in [2.24, 2.45) is 0 Å². The summed E-state index contributed by atoms with van der Waals surface area (Å²) in [4.78, 5) is 10.2. The molecule has 0 aliphatic rings. The second-order valence-corrected chi connectivity index (χ2v) is 4.18. The standard InChI is InChI=1S/C4H7NOS2/c1-3-4(6)5-8(2)7/h1,7-8H,2H3,(H,5,6). The van der Waals surface area contributed by atoms with E-state index < -0.39 is 16.0 Å². The van der Waals surface area contributed by atoms with Gasteiger partial charge >= 0.3 is 5.91 Å². The van der Waals surface area contributed by atoms with Crippen LogP contribution in [-0.4, -0.2) is 12.2 Å². The number of rotatable bonds is 1. The van der Waals surface area contributed by atoms with Crippen molar-refractivity contribution < 1.29 is 4.79 Å². The van der Waals surface area contributed by atoms with Gasteiger partial charge in [0, 0.05) is 0 Å². The predicted octanol–water partition coefficient (Wildman–Crippen LogP) is 0.127. The van der Waals surface area contributed by atoms with E-state index in [4.69, 9.17) is 6.42 Å². The first kappa shape index (κ1) is 7.73. The van der Waals surface area contributed by atoms with Crippen LogP contribution in [-0.2, 0) is 4.79 Å². The van der Waals surface area contributed by atoms with Gasteiger partial charge in [0.15, 0.2) is 0 Å². The van der Waals surface area contributed by atoms with Gasteiger partial charge in [-0.15, -0.1) is 28.2 Å². The van der Waals surface area contributed by atoms with Gasteiger partial charge in [-0.3, -0.25) is 4.79 Å². The summed E-state index contributed by atoms with van der Waals surface area (Å²) in [5, 5.41) is 0. The second kappa shape index (κ2) is 3.70. The highest BCUT2D eigenvalue weighted by Gasteiger charge is 1.91. The summed E-state index contributed by atoms with van der Waals surface area (Å²) >= 11 is 3.93. The average Bonchev–Trinajstić information content (AvgIpc) is 1.65. The number of carbonyl (C=O) groups excluding carboxylic acids is 1. The normalized spacial score (nSPS) is 13.9. The number of amides is 1. The van der Waals surface area contributed by atoms with Crippen LogP contribution in [0.4, 0.5) is 0 Å². The maximum absolute atomic E-state index is 10.2. The number of hydrogen-bond acceptors (Lipinski definition) is 2. The van der Waals surface area contributed by atoms with Gasteiger partial charge in [0.05, 0.1) is 0 Å². The van der Waals surface area contributed by atoms with Crippen molar-refractivity contribution in [3.05, 3.63) is 0 Å². The van der Waals surface area contributed by atoms with Crippen LogP contribution < -0.4 is 4.72 Å². The van der Waals surface area contributed by atoms with Crippen molar-refractivity contribution >= 4 is 27.7 Å². The Labute approximate surface area is 56.3 Å². The zero-order chi connectivity index (χ0) is 6.57. The van der Waals surface area contributed by atoms with E-state index in [1.165, 1.54) is 0 Å². The minimum absolute atomic E-state index is 0.395. The predicted molar refractivity (Wildman–Crippen MR) is 40.9 cm³/mol. The molecule has 1 atom stereocenters. The van der Waals surface area contributed by atoms with Crippen molar-refractivity contribution in [2.75, 3.05) is 6.26 Å². The van der Waals surface area contributed by atoms with Crippen LogP contribution in [0.1, 0.15) is 0 Å². The molecule has 0 spiro atoms. The Kier molecular flexibility index (Phi) is 3.57. The Hall–Kier alpha value is -0.270.